The van der Waals surface area contributed by atoms with Crippen LogP contribution in [0, 0.1) is 6.92 Å². The lowest BCUT2D eigenvalue weighted by Crippen LogP contribution is -2.24. The molecule has 116 valence electrons. The number of nitrogens with one attached hydrogen (secondary N) is 1. The fraction of sp³-hybridized carbons (Fsp3) is 0.118. The molecule has 0 bridgehead atoms. The molecule has 0 aliphatic heterocycles. The monoisotopic (exact) mass is 371 g/mol. The molecule has 0 radical (unpaired) electrons. The minimum Gasteiger partial charge on any atom is -0.347 e. The molecule has 0 spiro atoms. The van der Waals surface area contributed by atoms with Gasteiger partial charge in [0, 0.05) is 16.6 Å². The van der Waals surface area contributed by atoms with Crippen LogP contribution in [0.25, 0.3) is 22.4 Å². The Balaban J connectivity index is 2.12. The predicted octanol–water partition coefficient (Wildman–Crippen LogP) is 3.84. The van der Waals surface area contributed by atoms with E-state index in [4.69, 9.17) is 4.52 Å². The van der Waals surface area contributed by atoms with Gasteiger partial charge in [0.25, 0.3) is 11.6 Å². The van der Waals surface area contributed by atoms with E-state index in [1.54, 1.807) is 13.0 Å². The number of pyridine rings is 1. The van der Waals surface area contributed by atoms with E-state index in [0.717, 1.165) is 5.56 Å². The van der Waals surface area contributed by atoms with Crippen molar-refractivity contribution in [2.75, 3.05) is 6.54 Å². The first-order valence-corrected chi connectivity index (χ1v) is 7.79. The van der Waals surface area contributed by atoms with Gasteiger partial charge >= 0.3 is 0 Å². The standard InChI is InChI=1S/C17H14BrN3O2/c1-10(18)9-19-16(22)13-8-14(12-6-4-3-5-7-12)20-17-15(13)11(2)21-23-17/h3-8H,1,9H2,2H3,(H,19,22). The van der Waals surface area contributed by atoms with Crippen LogP contribution in [0.1, 0.15) is 16.1 Å². The van der Waals surface area contributed by atoms with Crippen molar-refractivity contribution >= 4 is 32.9 Å². The molecule has 1 amide bonds. The van der Waals surface area contributed by atoms with Gasteiger partial charge in [-0.3, -0.25) is 4.79 Å². The summed E-state index contributed by atoms with van der Waals surface area (Å²) in [6.07, 6.45) is 0. The Morgan fingerprint density at radius 1 is 1.35 bits per heavy atom. The SMILES string of the molecule is C=C(Br)CNC(=O)c1cc(-c2ccccc2)nc2onc(C)c12. The number of hydrogen-bond acceptors (Lipinski definition) is 4. The number of benzene rings is 1. The lowest BCUT2D eigenvalue weighted by molar-refractivity contribution is 0.0959. The zero-order valence-corrected chi connectivity index (χ0v) is 14.1. The van der Waals surface area contributed by atoms with Crippen molar-refractivity contribution in [3.63, 3.8) is 0 Å². The van der Waals surface area contributed by atoms with E-state index >= 15 is 0 Å². The summed E-state index contributed by atoms with van der Waals surface area (Å²) in [5, 5.41) is 7.36. The third-order valence-corrected chi connectivity index (χ3v) is 3.65. The number of nitrogens with zero attached hydrogens (tertiary/aromatic N) is 2. The average Bonchev–Trinajstić information content (AvgIpc) is 2.94. The van der Waals surface area contributed by atoms with E-state index in [2.05, 4.69) is 38.0 Å². The smallest absolute Gasteiger partial charge is 0.259 e. The van der Waals surface area contributed by atoms with Gasteiger partial charge in [-0.15, -0.1) is 0 Å². The first-order chi connectivity index (χ1) is 11.1. The fourth-order valence-electron chi connectivity index (χ4n) is 2.30. The second-order valence-electron chi connectivity index (χ2n) is 5.07. The number of aromatic nitrogens is 2. The minimum absolute atomic E-state index is 0.221. The topological polar surface area (TPSA) is 68.0 Å². The minimum atomic E-state index is -0.221. The first-order valence-electron chi connectivity index (χ1n) is 7.00. The highest BCUT2D eigenvalue weighted by molar-refractivity contribution is 9.11. The maximum Gasteiger partial charge on any atom is 0.259 e. The Bertz CT molecular complexity index is 887. The van der Waals surface area contributed by atoms with E-state index in [1.165, 1.54) is 0 Å². The van der Waals surface area contributed by atoms with E-state index in [-0.39, 0.29) is 5.91 Å². The van der Waals surface area contributed by atoms with Gasteiger partial charge in [-0.2, -0.15) is 0 Å². The molecule has 1 N–H and O–H groups in total. The number of aryl methyl sites for hydroxylation is 1. The van der Waals surface area contributed by atoms with Crippen LogP contribution in [0.15, 0.2) is 52.0 Å². The van der Waals surface area contributed by atoms with Crippen LogP contribution < -0.4 is 5.32 Å². The van der Waals surface area contributed by atoms with Crippen LogP contribution in [-0.4, -0.2) is 22.6 Å². The van der Waals surface area contributed by atoms with Crippen LogP contribution in [0.5, 0.6) is 0 Å². The molecule has 0 unspecified atom stereocenters. The molecule has 0 aliphatic rings. The lowest BCUT2D eigenvalue weighted by Gasteiger charge is -2.07. The molecule has 2 heterocycles. The summed E-state index contributed by atoms with van der Waals surface area (Å²) >= 11 is 3.23. The Morgan fingerprint density at radius 3 is 2.78 bits per heavy atom. The zero-order valence-electron chi connectivity index (χ0n) is 12.5. The highest BCUT2D eigenvalue weighted by Crippen LogP contribution is 2.26. The zero-order chi connectivity index (χ0) is 16.4. The molecule has 3 rings (SSSR count). The van der Waals surface area contributed by atoms with Crippen LogP contribution in [0.4, 0.5) is 0 Å². The summed E-state index contributed by atoms with van der Waals surface area (Å²) in [5.41, 5.74) is 3.04. The number of fused-ring (bicyclic) bond motifs is 1. The molecule has 6 heteroatoms. The molecule has 0 aliphatic carbocycles. The third kappa shape index (κ3) is 3.17. The molecule has 0 saturated heterocycles. The Labute approximate surface area is 141 Å². The van der Waals surface area contributed by atoms with Crippen molar-refractivity contribution in [2.45, 2.75) is 6.92 Å². The van der Waals surface area contributed by atoms with Gasteiger partial charge in [-0.05, 0) is 13.0 Å². The van der Waals surface area contributed by atoms with Crippen LogP contribution in [-0.2, 0) is 0 Å². The predicted molar refractivity (Wildman–Crippen MR) is 92.4 cm³/mol. The fourth-order valence-corrected chi connectivity index (χ4v) is 2.44. The molecule has 1 aromatic carbocycles. The van der Waals surface area contributed by atoms with E-state index in [0.29, 0.717) is 39.1 Å². The molecule has 5 nitrogen and oxygen atoms in total. The molecule has 23 heavy (non-hydrogen) atoms. The summed E-state index contributed by atoms with van der Waals surface area (Å²) in [5.74, 6) is -0.221. The molecule has 0 atom stereocenters. The molecule has 0 saturated carbocycles. The normalized spacial score (nSPS) is 10.7. The van der Waals surface area contributed by atoms with E-state index in [9.17, 15) is 4.79 Å². The van der Waals surface area contributed by atoms with Gasteiger partial charge < -0.3 is 9.84 Å². The summed E-state index contributed by atoms with van der Waals surface area (Å²) in [6, 6.07) is 11.4. The van der Waals surface area contributed by atoms with E-state index < -0.39 is 0 Å². The second-order valence-corrected chi connectivity index (χ2v) is 6.19. The summed E-state index contributed by atoms with van der Waals surface area (Å²) < 4.78 is 5.96. The quantitative estimate of drug-likeness (QED) is 0.756. The van der Waals surface area contributed by atoms with Crippen LogP contribution in [0.3, 0.4) is 0 Å². The van der Waals surface area contributed by atoms with Crippen molar-refractivity contribution in [1.29, 1.82) is 0 Å². The number of hydrogen-bond donors (Lipinski definition) is 1. The first kappa shape index (κ1) is 15.4. The van der Waals surface area contributed by atoms with Crippen molar-refractivity contribution in [1.82, 2.24) is 15.5 Å². The number of rotatable bonds is 4. The lowest BCUT2D eigenvalue weighted by atomic mass is 10.1. The number of carbonyl (C=O) groups is 1. The van der Waals surface area contributed by atoms with Gasteiger partial charge in [0.15, 0.2) is 0 Å². The maximum absolute atomic E-state index is 12.5. The molecular formula is C17H14BrN3O2. The summed E-state index contributed by atoms with van der Waals surface area (Å²) in [7, 11) is 0. The van der Waals surface area contributed by atoms with Gasteiger partial charge in [0.05, 0.1) is 22.3 Å². The Morgan fingerprint density at radius 2 is 2.09 bits per heavy atom. The number of carbonyl (C=O) groups excluding carboxylic acids is 1. The van der Waals surface area contributed by atoms with E-state index in [1.807, 2.05) is 30.3 Å². The van der Waals surface area contributed by atoms with Gasteiger partial charge in [0.2, 0.25) is 0 Å². The van der Waals surface area contributed by atoms with Crippen molar-refractivity contribution in [2.24, 2.45) is 0 Å². The number of amides is 1. The molecule has 2 aromatic heterocycles. The molecule has 3 aromatic rings. The highest BCUT2D eigenvalue weighted by atomic mass is 79.9. The number of halogens is 1. The summed E-state index contributed by atoms with van der Waals surface area (Å²) in [6.45, 7) is 5.84. The van der Waals surface area contributed by atoms with Gasteiger partial charge in [-0.25, -0.2) is 4.98 Å². The van der Waals surface area contributed by atoms with Crippen molar-refractivity contribution in [3.05, 3.63) is 58.7 Å². The largest absolute Gasteiger partial charge is 0.347 e. The Kier molecular flexibility index (Phi) is 4.25. The third-order valence-electron chi connectivity index (χ3n) is 3.37. The highest BCUT2D eigenvalue weighted by Gasteiger charge is 2.19. The second kappa shape index (κ2) is 6.34. The molecular weight excluding hydrogens is 358 g/mol. The van der Waals surface area contributed by atoms with Crippen molar-refractivity contribution in [3.8, 4) is 11.3 Å². The van der Waals surface area contributed by atoms with Crippen LogP contribution >= 0.6 is 15.9 Å². The Hall–Kier alpha value is -2.47. The van der Waals surface area contributed by atoms with Gasteiger partial charge in [-0.1, -0.05) is 58.0 Å². The average molecular weight is 372 g/mol. The van der Waals surface area contributed by atoms with Gasteiger partial charge in [0.1, 0.15) is 0 Å². The molecule has 0 fully saturated rings. The maximum atomic E-state index is 12.5. The summed E-state index contributed by atoms with van der Waals surface area (Å²) in [4.78, 5) is 17.0. The van der Waals surface area contributed by atoms with Crippen LogP contribution in [0.2, 0.25) is 0 Å². The van der Waals surface area contributed by atoms with Crippen molar-refractivity contribution < 1.29 is 9.32 Å².